The quantitative estimate of drug-likeness (QED) is 0.643. The van der Waals surface area contributed by atoms with Crippen molar-refractivity contribution in [1.82, 2.24) is 29.9 Å². The maximum absolute atomic E-state index is 5.63. The Morgan fingerprint density at radius 2 is 2.03 bits per heavy atom. The molecule has 1 saturated heterocycles. The van der Waals surface area contributed by atoms with Gasteiger partial charge in [-0.25, -0.2) is 19.5 Å². The van der Waals surface area contributed by atoms with Gasteiger partial charge in [0, 0.05) is 30.8 Å². The van der Waals surface area contributed by atoms with Crippen LogP contribution in [0.1, 0.15) is 58.6 Å². The van der Waals surface area contributed by atoms with Crippen LogP contribution in [-0.2, 0) is 0 Å². The van der Waals surface area contributed by atoms with Gasteiger partial charge in [0.05, 0.1) is 19.0 Å². The van der Waals surface area contributed by atoms with Crippen LogP contribution < -0.4 is 15.4 Å². The number of hydrogen-bond donors (Lipinski definition) is 2. The van der Waals surface area contributed by atoms with Crippen molar-refractivity contribution >= 4 is 11.6 Å². The molecule has 8 nitrogen and oxygen atoms in total. The highest BCUT2D eigenvalue weighted by atomic mass is 16.5. The van der Waals surface area contributed by atoms with Crippen LogP contribution in [0, 0.1) is 5.41 Å². The molecule has 1 atom stereocenters. The maximum Gasteiger partial charge on any atom is 0.223 e. The number of imidazole rings is 1. The summed E-state index contributed by atoms with van der Waals surface area (Å²) in [4.78, 5) is 13.6. The predicted octanol–water partition coefficient (Wildman–Crippen LogP) is 3.90. The molecule has 166 valence electrons. The van der Waals surface area contributed by atoms with E-state index in [0.717, 1.165) is 60.8 Å². The van der Waals surface area contributed by atoms with Gasteiger partial charge in [-0.2, -0.15) is 5.10 Å². The minimum atomic E-state index is 0.364. The fourth-order valence-electron chi connectivity index (χ4n) is 4.53. The molecule has 1 saturated carbocycles. The normalized spacial score (nSPS) is 20.1. The third-order valence-electron chi connectivity index (χ3n) is 6.00. The third-order valence-corrected chi connectivity index (χ3v) is 6.00. The summed E-state index contributed by atoms with van der Waals surface area (Å²) in [6.45, 7) is 10.6. The second-order valence-corrected chi connectivity index (χ2v) is 8.88. The van der Waals surface area contributed by atoms with Gasteiger partial charge in [-0.3, -0.25) is 0 Å². The van der Waals surface area contributed by atoms with Crippen LogP contribution in [0.5, 0.6) is 5.75 Å². The Balaban J connectivity index is 0.00000112. The maximum atomic E-state index is 5.63. The molecule has 1 unspecified atom stereocenters. The molecule has 0 aromatic carbocycles. The van der Waals surface area contributed by atoms with E-state index in [2.05, 4.69) is 34.4 Å². The van der Waals surface area contributed by atoms with Crippen molar-refractivity contribution in [1.29, 1.82) is 0 Å². The number of fused-ring (bicyclic) bond motifs is 1. The largest absolute Gasteiger partial charge is 0.495 e. The van der Waals surface area contributed by atoms with E-state index in [-0.39, 0.29) is 0 Å². The summed E-state index contributed by atoms with van der Waals surface area (Å²) >= 11 is 0. The number of nitrogens with zero attached hydrogens (tertiary/aromatic N) is 5. The Labute approximate surface area is 183 Å². The molecular weight excluding hydrogens is 390 g/mol. The van der Waals surface area contributed by atoms with Crippen LogP contribution in [0.4, 0.5) is 5.95 Å². The van der Waals surface area contributed by atoms with E-state index in [1.54, 1.807) is 13.3 Å². The monoisotopic (exact) mass is 423 g/mol. The smallest absolute Gasteiger partial charge is 0.223 e. The Bertz CT molecular complexity index is 1030. The molecule has 1 aliphatic heterocycles. The predicted molar refractivity (Wildman–Crippen MR) is 123 cm³/mol. The lowest BCUT2D eigenvalue weighted by molar-refractivity contribution is 0.145. The zero-order chi connectivity index (χ0) is 22.0. The van der Waals surface area contributed by atoms with Crippen molar-refractivity contribution in [3.63, 3.8) is 0 Å². The van der Waals surface area contributed by atoms with Crippen molar-refractivity contribution in [2.24, 2.45) is 5.41 Å². The molecule has 0 spiro atoms. The first-order valence-corrected chi connectivity index (χ1v) is 11.3. The number of ether oxygens (including phenoxy) is 1. The summed E-state index contributed by atoms with van der Waals surface area (Å²) in [5, 5.41) is 11.7. The highest BCUT2D eigenvalue weighted by molar-refractivity contribution is 5.61. The summed E-state index contributed by atoms with van der Waals surface area (Å²) in [7, 11) is 1.70. The highest BCUT2D eigenvalue weighted by Gasteiger charge is 2.39. The average Bonchev–Trinajstić information content (AvgIpc) is 3.42. The van der Waals surface area contributed by atoms with Crippen molar-refractivity contribution in [3.8, 4) is 17.1 Å². The average molecular weight is 424 g/mol. The summed E-state index contributed by atoms with van der Waals surface area (Å²) in [6, 6.07) is 4.24. The number of methoxy groups -OCH3 is 1. The van der Waals surface area contributed by atoms with Crippen molar-refractivity contribution < 1.29 is 4.74 Å². The van der Waals surface area contributed by atoms with Gasteiger partial charge in [0.1, 0.15) is 17.1 Å². The van der Waals surface area contributed by atoms with Crippen LogP contribution in [0.15, 0.2) is 24.5 Å². The summed E-state index contributed by atoms with van der Waals surface area (Å²) in [5.41, 5.74) is 3.79. The molecule has 1 aliphatic carbocycles. The SMILES string of the molecule is CC.COc1cc2ncc(-c3ccnc(NC4CCNC4)n3)n2nc1C1CC(C)(C)C1. The van der Waals surface area contributed by atoms with Crippen LogP contribution in [0.25, 0.3) is 17.0 Å². The van der Waals surface area contributed by atoms with Crippen LogP contribution in [-0.4, -0.2) is 50.8 Å². The number of aromatic nitrogens is 5. The van der Waals surface area contributed by atoms with E-state index in [9.17, 15) is 0 Å². The summed E-state index contributed by atoms with van der Waals surface area (Å²) in [6.07, 6.45) is 6.91. The molecular formula is C23H33N7O. The topological polar surface area (TPSA) is 89.3 Å². The zero-order valence-corrected chi connectivity index (χ0v) is 19.1. The third kappa shape index (κ3) is 4.35. The minimum Gasteiger partial charge on any atom is -0.495 e. The van der Waals surface area contributed by atoms with E-state index in [0.29, 0.717) is 23.3 Å². The molecule has 3 aromatic heterocycles. The Hall–Kier alpha value is -2.74. The molecule has 4 heterocycles. The van der Waals surface area contributed by atoms with Gasteiger partial charge in [-0.05, 0) is 37.3 Å². The highest BCUT2D eigenvalue weighted by Crippen LogP contribution is 2.51. The lowest BCUT2D eigenvalue weighted by atomic mass is 9.63. The Morgan fingerprint density at radius 3 is 2.71 bits per heavy atom. The van der Waals surface area contributed by atoms with Gasteiger partial charge in [0.15, 0.2) is 5.65 Å². The van der Waals surface area contributed by atoms with E-state index in [1.807, 2.05) is 36.7 Å². The lowest BCUT2D eigenvalue weighted by Crippen LogP contribution is -2.31. The summed E-state index contributed by atoms with van der Waals surface area (Å²) < 4.78 is 7.51. The first-order valence-electron chi connectivity index (χ1n) is 11.3. The van der Waals surface area contributed by atoms with E-state index in [4.69, 9.17) is 14.8 Å². The zero-order valence-electron chi connectivity index (χ0n) is 19.1. The second-order valence-electron chi connectivity index (χ2n) is 8.88. The molecule has 0 radical (unpaired) electrons. The van der Waals surface area contributed by atoms with Gasteiger partial charge in [-0.1, -0.05) is 27.7 Å². The van der Waals surface area contributed by atoms with Gasteiger partial charge in [0.2, 0.25) is 5.95 Å². The molecule has 0 amide bonds. The van der Waals surface area contributed by atoms with Gasteiger partial charge < -0.3 is 15.4 Å². The van der Waals surface area contributed by atoms with Gasteiger partial charge in [-0.15, -0.1) is 0 Å². The number of hydrogen-bond acceptors (Lipinski definition) is 7. The molecule has 31 heavy (non-hydrogen) atoms. The van der Waals surface area contributed by atoms with Crippen LogP contribution in [0.2, 0.25) is 0 Å². The molecule has 2 aliphatic rings. The molecule has 8 heteroatoms. The van der Waals surface area contributed by atoms with Gasteiger partial charge in [0.25, 0.3) is 0 Å². The van der Waals surface area contributed by atoms with E-state index in [1.165, 1.54) is 0 Å². The molecule has 0 bridgehead atoms. The number of rotatable bonds is 5. The fourth-order valence-corrected chi connectivity index (χ4v) is 4.53. The Kier molecular flexibility index (Phi) is 6.09. The first-order chi connectivity index (χ1) is 15.0. The molecule has 3 aromatic rings. The van der Waals surface area contributed by atoms with Gasteiger partial charge >= 0.3 is 0 Å². The van der Waals surface area contributed by atoms with E-state index >= 15 is 0 Å². The molecule has 5 rings (SSSR count). The second kappa shape index (κ2) is 8.78. The molecule has 2 fully saturated rings. The molecule has 2 N–H and O–H groups in total. The standard InChI is InChI=1S/C21H27N7O.C2H6/c1-21(2)9-13(10-21)19-17(29-3)8-18-24-12-16(28(18)27-19)15-5-7-23-20(26-15)25-14-4-6-22-11-14;1-2/h5,7-8,12-14,22H,4,6,9-11H2,1-3H3,(H,23,25,26);1-2H3. The minimum absolute atomic E-state index is 0.364. The van der Waals surface area contributed by atoms with Crippen molar-refractivity contribution in [3.05, 3.63) is 30.2 Å². The van der Waals surface area contributed by atoms with Crippen molar-refractivity contribution in [2.75, 3.05) is 25.5 Å². The first kappa shape index (κ1) is 21.5. The number of nitrogens with one attached hydrogen (secondary N) is 2. The number of anilines is 1. The fraction of sp³-hybridized carbons (Fsp3) is 0.565. The van der Waals surface area contributed by atoms with Crippen molar-refractivity contribution in [2.45, 2.75) is 58.9 Å². The lowest BCUT2D eigenvalue weighted by Gasteiger charge is -2.42. The van der Waals surface area contributed by atoms with Crippen LogP contribution >= 0.6 is 0 Å². The Morgan fingerprint density at radius 1 is 1.23 bits per heavy atom. The summed E-state index contributed by atoms with van der Waals surface area (Å²) in [5.74, 6) is 1.87. The van der Waals surface area contributed by atoms with Crippen LogP contribution in [0.3, 0.4) is 0 Å². The van der Waals surface area contributed by atoms with E-state index < -0.39 is 0 Å².